The third-order valence-electron chi connectivity index (χ3n) is 1.73. The van der Waals surface area contributed by atoms with Gasteiger partial charge in [-0.1, -0.05) is 32.0 Å². The fourth-order valence-corrected chi connectivity index (χ4v) is 1.14. The molecule has 74 valence electrons. The number of benzene rings is 1. The first-order valence-electron chi connectivity index (χ1n) is 4.52. The van der Waals surface area contributed by atoms with Crippen molar-refractivity contribution in [3.8, 4) is 0 Å². The van der Waals surface area contributed by atoms with Crippen LogP contribution in [-0.4, -0.2) is 10.2 Å². The van der Waals surface area contributed by atoms with Crippen LogP contribution in [0.2, 0.25) is 0 Å². The van der Waals surface area contributed by atoms with Gasteiger partial charge in [0.25, 0.3) is 5.56 Å². The second-order valence-electron chi connectivity index (χ2n) is 2.48. The number of anilines is 1. The van der Waals surface area contributed by atoms with Gasteiger partial charge in [0.2, 0.25) is 0 Å². The quantitative estimate of drug-likeness (QED) is 0.663. The molecule has 0 aliphatic heterocycles. The second-order valence-corrected chi connectivity index (χ2v) is 2.48. The Morgan fingerprint density at radius 1 is 1.21 bits per heavy atom. The number of nitrogens with zero attached hydrogens (tertiary/aromatic N) is 1. The summed E-state index contributed by atoms with van der Waals surface area (Å²) in [7, 11) is 0. The van der Waals surface area contributed by atoms with Crippen LogP contribution in [-0.2, 0) is 0 Å². The summed E-state index contributed by atoms with van der Waals surface area (Å²) >= 11 is 0. The van der Waals surface area contributed by atoms with E-state index in [0.717, 1.165) is 0 Å². The highest BCUT2D eigenvalue weighted by Gasteiger charge is 2.00. The molecule has 3 N–H and O–H groups in total. The van der Waals surface area contributed by atoms with E-state index < -0.39 is 0 Å². The Hall–Kier alpha value is -1.84. The molecule has 0 saturated carbocycles. The fraction of sp³-hybridized carbons (Fsp3) is 0.200. The predicted octanol–water partition coefficient (Wildman–Crippen LogP) is 1.53. The number of aromatic nitrogens is 2. The number of hydrogen-bond donors (Lipinski definition) is 2. The summed E-state index contributed by atoms with van der Waals surface area (Å²) in [6.07, 6.45) is 0. The fourth-order valence-electron chi connectivity index (χ4n) is 1.14. The highest BCUT2D eigenvalue weighted by Crippen LogP contribution is 2.12. The van der Waals surface area contributed by atoms with Gasteiger partial charge in [-0.2, -0.15) is 5.10 Å². The molecule has 0 atom stereocenters. The topological polar surface area (TPSA) is 71.8 Å². The molecule has 1 aromatic heterocycles. The Labute approximate surface area is 81.8 Å². The van der Waals surface area contributed by atoms with Crippen LogP contribution in [0.15, 0.2) is 29.1 Å². The minimum absolute atomic E-state index is 0.209. The summed E-state index contributed by atoms with van der Waals surface area (Å²) < 4.78 is 0. The largest absolute Gasteiger partial charge is 0.382 e. The van der Waals surface area contributed by atoms with Crippen LogP contribution in [0.4, 0.5) is 5.82 Å². The number of aromatic amines is 1. The maximum absolute atomic E-state index is 11.2. The van der Waals surface area contributed by atoms with Gasteiger partial charge in [-0.3, -0.25) is 4.79 Å². The summed E-state index contributed by atoms with van der Waals surface area (Å²) in [5.41, 5.74) is 5.34. The minimum Gasteiger partial charge on any atom is -0.382 e. The summed E-state index contributed by atoms with van der Waals surface area (Å²) in [4.78, 5) is 11.2. The number of nitrogens with two attached hydrogens (primary N) is 1. The van der Waals surface area contributed by atoms with Crippen molar-refractivity contribution in [2.24, 2.45) is 0 Å². The summed E-state index contributed by atoms with van der Waals surface area (Å²) in [5, 5.41) is 7.23. The first-order chi connectivity index (χ1) is 6.79. The average molecular weight is 191 g/mol. The Morgan fingerprint density at radius 2 is 1.79 bits per heavy atom. The number of nitrogen functional groups attached to an aromatic ring is 1. The van der Waals surface area contributed by atoms with Crippen LogP contribution in [0.3, 0.4) is 0 Å². The van der Waals surface area contributed by atoms with Crippen LogP contribution < -0.4 is 11.3 Å². The zero-order chi connectivity index (χ0) is 10.6. The van der Waals surface area contributed by atoms with E-state index >= 15 is 0 Å². The lowest BCUT2D eigenvalue weighted by molar-refractivity contribution is 1.02. The molecule has 0 spiro atoms. The molecule has 0 fully saturated rings. The van der Waals surface area contributed by atoms with Gasteiger partial charge in [0, 0.05) is 5.39 Å². The molecular weight excluding hydrogens is 178 g/mol. The van der Waals surface area contributed by atoms with Crippen LogP contribution in [0.1, 0.15) is 13.8 Å². The Balaban J connectivity index is 0.000000461. The molecule has 14 heavy (non-hydrogen) atoms. The molecule has 4 nitrogen and oxygen atoms in total. The van der Waals surface area contributed by atoms with E-state index in [0.29, 0.717) is 16.6 Å². The lowest BCUT2D eigenvalue weighted by atomic mass is 10.2. The second kappa shape index (κ2) is 4.41. The smallest absolute Gasteiger partial charge is 0.272 e. The van der Waals surface area contributed by atoms with Gasteiger partial charge >= 0.3 is 0 Å². The van der Waals surface area contributed by atoms with Crippen LogP contribution in [0.25, 0.3) is 10.8 Å². The molecule has 0 saturated heterocycles. The molecule has 0 amide bonds. The number of rotatable bonds is 0. The Bertz CT molecular complexity index is 476. The molecular formula is C10H13N3O. The van der Waals surface area contributed by atoms with Crippen molar-refractivity contribution in [1.82, 2.24) is 10.2 Å². The van der Waals surface area contributed by atoms with Crippen LogP contribution in [0, 0.1) is 0 Å². The number of H-pyrrole nitrogens is 1. The molecule has 2 aromatic rings. The SMILES string of the molecule is CC.Nc1n[nH]c(=O)c2ccccc12. The van der Waals surface area contributed by atoms with Gasteiger partial charge in [0.15, 0.2) is 5.82 Å². The Kier molecular flexibility index (Phi) is 3.23. The minimum atomic E-state index is -0.209. The summed E-state index contributed by atoms with van der Waals surface area (Å²) in [5.74, 6) is 0.352. The van der Waals surface area contributed by atoms with E-state index in [9.17, 15) is 4.79 Å². The van der Waals surface area contributed by atoms with E-state index in [2.05, 4.69) is 10.2 Å². The van der Waals surface area contributed by atoms with Gasteiger partial charge in [-0.05, 0) is 6.07 Å². The molecule has 1 aromatic carbocycles. The van der Waals surface area contributed by atoms with Crippen molar-refractivity contribution in [3.63, 3.8) is 0 Å². The number of hydrogen-bond acceptors (Lipinski definition) is 3. The van der Waals surface area contributed by atoms with Crippen molar-refractivity contribution in [2.45, 2.75) is 13.8 Å². The summed E-state index contributed by atoms with van der Waals surface area (Å²) in [6.45, 7) is 4.00. The summed E-state index contributed by atoms with van der Waals surface area (Å²) in [6, 6.07) is 7.09. The monoisotopic (exact) mass is 191 g/mol. The van der Waals surface area contributed by atoms with Crippen LogP contribution >= 0.6 is 0 Å². The van der Waals surface area contributed by atoms with Gasteiger partial charge in [-0.25, -0.2) is 5.10 Å². The standard InChI is InChI=1S/C8H7N3O.C2H6/c9-7-5-3-1-2-4-6(5)8(12)11-10-7;1-2/h1-4H,(H2,9,10)(H,11,12);1-2H3. The van der Waals surface area contributed by atoms with E-state index in [4.69, 9.17) is 5.73 Å². The van der Waals surface area contributed by atoms with Crippen LogP contribution in [0.5, 0.6) is 0 Å². The van der Waals surface area contributed by atoms with E-state index in [-0.39, 0.29) is 5.56 Å². The first-order valence-corrected chi connectivity index (χ1v) is 4.52. The molecule has 0 aliphatic rings. The maximum Gasteiger partial charge on any atom is 0.272 e. The molecule has 2 rings (SSSR count). The van der Waals surface area contributed by atoms with E-state index in [1.54, 1.807) is 18.2 Å². The lowest BCUT2D eigenvalue weighted by Gasteiger charge is -1.97. The van der Waals surface area contributed by atoms with Crippen molar-refractivity contribution in [1.29, 1.82) is 0 Å². The third kappa shape index (κ3) is 1.74. The van der Waals surface area contributed by atoms with E-state index in [1.807, 2.05) is 19.9 Å². The van der Waals surface area contributed by atoms with Crippen molar-refractivity contribution in [3.05, 3.63) is 34.6 Å². The molecule has 4 heteroatoms. The van der Waals surface area contributed by atoms with Gasteiger partial charge in [-0.15, -0.1) is 0 Å². The zero-order valence-corrected chi connectivity index (χ0v) is 8.24. The van der Waals surface area contributed by atoms with Gasteiger partial charge < -0.3 is 5.73 Å². The lowest BCUT2D eigenvalue weighted by Crippen LogP contribution is -2.10. The van der Waals surface area contributed by atoms with E-state index in [1.165, 1.54) is 0 Å². The highest BCUT2D eigenvalue weighted by molar-refractivity contribution is 5.89. The highest BCUT2D eigenvalue weighted by atomic mass is 16.1. The van der Waals surface area contributed by atoms with Crippen molar-refractivity contribution in [2.75, 3.05) is 5.73 Å². The number of fused-ring (bicyclic) bond motifs is 1. The number of nitrogens with one attached hydrogen (secondary N) is 1. The molecule has 0 bridgehead atoms. The third-order valence-corrected chi connectivity index (χ3v) is 1.73. The van der Waals surface area contributed by atoms with Crippen molar-refractivity contribution >= 4 is 16.6 Å². The van der Waals surface area contributed by atoms with Gasteiger partial charge in [0.1, 0.15) is 0 Å². The Morgan fingerprint density at radius 3 is 2.36 bits per heavy atom. The molecule has 0 radical (unpaired) electrons. The first kappa shape index (κ1) is 10.2. The zero-order valence-electron chi connectivity index (χ0n) is 8.24. The van der Waals surface area contributed by atoms with Crippen molar-refractivity contribution < 1.29 is 0 Å². The average Bonchev–Trinajstić information content (AvgIpc) is 2.27. The molecule has 0 aliphatic carbocycles. The van der Waals surface area contributed by atoms with Gasteiger partial charge in [0.05, 0.1) is 5.39 Å². The predicted molar refractivity (Wildman–Crippen MR) is 58.1 cm³/mol. The maximum atomic E-state index is 11.2. The normalized spacial score (nSPS) is 9.29. The molecule has 1 heterocycles. The molecule has 0 unspecified atom stereocenters.